The molecule has 3 N–H and O–H groups in total. The van der Waals surface area contributed by atoms with Gasteiger partial charge in [-0.05, 0) is 67.1 Å². The highest BCUT2D eigenvalue weighted by molar-refractivity contribution is 7.07. The molecule has 2 aromatic heterocycles. The van der Waals surface area contributed by atoms with Crippen LogP contribution in [-0.4, -0.2) is 76.7 Å². The van der Waals surface area contributed by atoms with E-state index in [2.05, 4.69) is 32.8 Å². The van der Waals surface area contributed by atoms with E-state index in [-0.39, 0.29) is 47.5 Å². The van der Waals surface area contributed by atoms with Crippen molar-refractivity contribution in [2.75, 3.05) is 32.8 Å². The van der Waals surface area contributed by atoms with Gasteiger partial charge in [0.2, 0.25) is 0 Å². The first-order valence-corrected chi connectivity index (χ1v) is 13.5. The highest BCUT2D eigenvalue weighted by Gasteiger charge is 2.29. The Morgan fingerprint density at radius 1 is 1.29 bits per heavy atom. The minimum Gasteiger partial charge on any atom is -0.395 e. The molecule has 1 fully saturated rings. The number of carbonyl (C=O) groups is 2. The molecule has 0 radical (unpaired) electrons. The number of carbonyl (C=O) groups excluding carboxylic acids is 2. The molecule has 2 aromatic rings. The van der Waals surface area contributed by atoms with E-state index in [4.69, 9.17) is 28.3 Å². The third-order valence-electron chi connectivity index (χ3n) is 6.36. The molecular weight excluding hydrogens is 509 g/mol. The molecule has 0 bridgehead atoms. The van der Waals surface area contributed by atoms with Crippen molar-refractivity contribution in [3.05, 3.63) is 49.9 Å². The van der Waals surface area contributed by atoms with Gasteiger partial charge in [0.25, 0.3) is 5.91 Å². The Morgan fingerprint density at radius 2 is 2.03 bits per heavy atom. The molecule has 3 heterocycles. The fourth-order valence-corrected chi connectivity index (χ4v) is 5.66. The largest absolute Gasteiger partial charge is 0.395 e. The Kier molecular flexibility index (Phi) is 10.6. The van der Waals surface area contributed by atoms with Crippen molar-refractivity contribution >= 4 is 46.5 Å². The number of nitrogens with one attached hydrogen (secondary N) is 2. The number of thiophene rings is 1. The van der Waals surface area contributed by atoms with Crippen LogP contribution in [0.2, 0.25) is 10.3 Å². The van der Waals surface area contributed by atoms with Gasteiger partial charge in [-0.2, -0.15) is 11.3 Å². The minimum absolute atomic E-state index is 0.0785. The van der Waals surface area contributed by atoms with Gasteiger partial charge in [0.05, 0.1) is 12.2 Å². The van der Waals surface area contributed by atoms with Crippen molar-refractivity contribution in [2.45, 2.75) is 51.7 Å². The predicted molar refractivity (Wildman–Crippen MR) is 140 cm³/mol. The predicted octanol–water partition coefficient (Wildman–Crippen LogP) is 3.94. The van der Waals surface area contributed by atoms with Crippen LogP contribution >= 0.6 is 34.5 Å². The third kappa shape index (κ3) is 7.79. The molecule has 11 heteroatoms. The molecule has 0 saturated carbocycles. The Balaban J connectivity index is 1.49. The van der Waals surface area contributed by atoms with Gasteiger partial charge in [0.1, 0.15) is 10.3 Å². The highest BCUT2D eigenvalue weighted by Crippen LogP contribution is 2.23. The van der Waals surface area contributed by atoms with Crippen LogP contribution in [0.3, 0.4) is 0 Å². The number of rotatable bonds is 10. The van der Waals surface area contributed by atoms with E-state index in [0.29, 0.717) is 24.2 Å². The number of hydrogen-bond donors (Lipinski definition) is 3. The molecule has 0 aliphatic carbocycles. The fraction of sp³-hybridized carbons (Fsp3) is 0.542. The molecule has 1 aliphatic rings. The number of aryl methyl sites for hydroxylation is 1. The number of piperidine rings is 1. The molecule has 3 rings (SSSR count). The Morgan fingerprint density at radius 3 is 2.66 bits per heavy atom. The smallest absolute Gasteiger partial charge is 0.318 e. The summed E-state index contributed by atoms with van der Waals surface area (Å²) in [5.41, 5.74) is 2.17. The molecule has 0 unspecified atom stereocenters. The van der Waals surface area contributed by atoms with Gasteiger partial charge in [-0.25, -0.2) is 9.78 Å². The first-order chi connectivity index (χ1) is 16.8. The maximum absolute atomic E-state index is 12.8. The van der Waals surface area contributed by atoms with E-state index in [1.807, 2.05) is 16.3 Å². The van der Waals surface area contributed by atoms with Crippen LogP contribution in [0.5, 0.6) is 0 Å². The normalized spacial score (nSPS) is 15.6. The lowest BCUT2D eigenvalue weighted by Crippen LogP contribution is -2.52. The fourth-order valence-electron chi connectivity index (χ4n) is 4.38. The lowest BCUT2D eigenvalue weighted by Gasteiger charge is -2.40. The van der Waals surface area contributed by atoms with Crippen molar-refractivity contribution < 1.29 is 14.7 Å². The summed E-state index contributed by atoms with van der Waals surface area (Å²) in [6.45, 7) is 6.94. The Labute approximate surface area is 220 Å². The zero-order valence-electron chi connectivity index (χ0n) is 20.1. The number of pyridine rings is 1. The van der Waals surface area contributed by atoms with Crippen LogP contribution in [0.4, 0.5) is 4.79 Å². The second-order valence-electron chi connectivity index (χ2n) is 8.80. The third-order valence-corrected chi connectivity index (χ3v) is 7.56. The average Bonchev–Trinajstić information content (AvgIpc) is 3.34. The number of aromatic nitrogens is 1. The Hall–Kier alpha value is -1.91. The van der Waals surface area contributed by atoms with E-state index in [0.717, 1.165) is 37.9 Å². The van der Waals surface area contributed by atoms with Gasteiger partial charge in [-0.1, -0.05) is 23.2 Å². The summed E-state index contributed by atoms with van der Waals surface area (Å²) < 4.78 is 0. The van der Waals surface area contributed by atoms with E-state index in [1.54, 1.807) is 24.3 Å². The van der Waals surface area contributed by atoms with Crippen LogP contribution in [0.25, 0.3) is 0 Å². The number of aliphatic hydroxyl groups excluding tert-OH is 1. The van der Waals surface area contributed by atoms with Gasteiger partial charge >= 0.3 is 6.03 Å². The zero-order valence-corrected chi connectivity index (χ0v) is 22.4. The maximum Gasteiger partial charge on any atom is 0.318 e. The van der Waals surface area contributed by atoms with Crippen molar-refractivity contribution in [2.24, 2.45) is 0 Å². The lowest BCUT2D eigenvalue weighted by molar-refractivity contribution is 0.0901. The second-order valence-corrected chi connectivity index (χ2v) is 10.3. The van der Waals surface area contributed by atoms with Crippen LogP contribution in [-0.2, 0) is 6.54 Å². The van der Waals surface area contributed by atoms with Crippen LogP contribution in [0, 0.1) is 6.92 Å². The molecule has 1 atom stereocenters. The first kappa shape index (κ1) is 27.7. The maximum atomic E-state index is 12.8. The molecule has 192 valence electrons. The van der Waals surface area contributed by atoms with Crippen LogP contribution in [0.15, 0.2) is 22.9 Å². The summed E-state index contributed by atoms with van der Waals surface area (Å²) in [7, 11) is 0. The summed E-state index contributed by atoms with van der Waals surface area (Å²) in [5, 5.41) is 19.3. The molecular formula is C24H33Cl2N5O3S. The SMILES string of the molecule is Cc1cc(Cl)nc(Cl)c1C(=O)NCC[C@@H](C)N1CCC(N(Cc2ccsc2)C(=O)NCCO)CC1. The van der Waals surface area contributed by atoms with Crippen molar-refractivity contribution in [1.29, 1.82) is 0 Å². The lowest BCUT2D eigenvalue weighted by atomic mass is 10.0. The van der Waals surface area contributed by atoms with Gasteiger partial charge in [-0.3, -0.25) is 4.79 Å². The van der Waals surface area contributed by atoms with E-state index < -0.39 is 0 Å². The van der Waals surface area contributed by atoms with Gasteiger partial charge in [-0.15, -0.1) is 0 Å². The number of nitrogens with zero attached hydrogens (tertiary/aromatic N) is 3. The summed E-state index contributed by atoms with van der Waals surface area (Å²) in [6, 6.07) is 3.95. The number of aliphatic hydroxyl groups is 1. The monoisotopic (exact) mass is 541 g/mol. The van der Waals surface area contributed by atoms with Gasteiger partial charge in [0.15, 0.2) is 0 Å². The molecule has 3 amide bonds. The summed E-state index contributed by atoms with van der Waals surface area (Å²) in [6.07, 6.45) is 2.54. The van der Waals surface area contributed by atoms with E-state index >= 15 is 0 Å². The van der Waals surface area contributed by atoms with Crippen molar-refractivity contribution in [1.82, 2.24) is 25.4 Å². The zero-order chi connectivity index (χ0) is 25.4. The summed E-state index contributed by atoms with van der Waals surface area (Å²) in [5.74, 6) is -0.250. The standard InChI is InChI=1S/C24H33Cl2N5O3S/c1-16-13-20(25)29-22(26)21(16)23(33)27-7-3-17(2)30-9-4-19(5-10-30)31(24(34)28-8-11-32)14-18-6-12-35-15-18/h6,12-13,15,17,19,32H,3-5,7-11,14H2,1-2H3,(H,27,33)(H,28,34)/t17-/m1/s1. The van der Waals surface area contributed by atoms with Crippen molar-refractivity contribution in [3.8, 4) is 0 Å². The molecule has 8 nitrogen and oxygen atoms in total. The number of urea groups is 1. The van der Waals surface area contributed by atoms with Gasteiger partial charge in [0, 0.05) is 44.8 Å². The molecule has 0 spiro atoms. The van der Waals surface area contributed by atoms with E-state index in [9.17, 15) is 9.59 Å². The average molecular weight is 543 g/mol. The topological polar surface area (TPSA) is 97.8 Å². The number of hydrogen-bond acceptors (Lipinski definition) is 6. The number of amides is 3. The minimum atomic E-state index is -0.250. The number of halogens is 2. The van der Waals surface area contributed by atoms with Crippen LogP contribution in [0.1, 0.15) is 47.7 Å². The first-order valence-electron chi connectivity index (χ1n) is 11.8. The highest BCUT2D eigenvalue weighted by atomic mass is 35.5. The van der Waals surface area contributed by atoms with Crippen molar-refractivity contribution in [3.63, 3.8) is 0 Å². The van der Waals surface area contributed by atoms with Gasteiger partial charge < -0.3 is 25.5 Å². The molecule has 35 heavy (non-hydrogen) atoms. The van der Waals surface area contributed by atoms with E-state index in [1.165, 1.54) is 0 Å². The summed E-state index contributed by atoms with van der Waals surface area (Å²) >= 11 is 13.6. The summed E-state index contributed by atoms with van der Waals surface area (Å²) in [4.78, 5) is 33.6. The molecule has 0 aromatic carbocycles. The number of likely N-dealkylation sites (tertiary alicyclic amines) is 1. The quantitative estimate of drug-likeness (QED) is 0.396. The molecule has 1 aliphatic heterocycles. The van der Waals surface area contributed by atoms with Crippen LogP contribution < -0.4 is 10.6 Å². The second kappa shape index (κ2) is 13.4. The Bertz CT molecular complexity index is 961. The molecule has 1 saturated heterocycles.